The predicted molar refractivity (Wildman–Crippen MR) is 92.8 cm³/mol. The number of allylic oxidation sites excluding steroid dienone is 2. The van der Waals surface area contributed by atoms with Gasteiger partial charge < -0.3 is 5.11 Å². The highest BCUT2D eigenvalue weighted by Crippen LogP contribution is 2.41. The number of benzene rings is 1. The van der Waals surface area contributed by atoms with Crippen LogP contribution in [0, 0.1) is 5.92 Å². The molecule has 1 N–H and O–H groups in total. The van der Waals surface area contributed by atoms with Gasteiger partial charge in [0, 0.05) is 41.6 Å². The molecule has 0 spiro atoms. The number of aliphatic hydroxyl groups excluding tert-OH is 1. The summed E-state index contributed by atoms with van der Waals surface area (Å²) in [5.74, 6) is -1.91. The Balaban J connectivity index is 2.13. The number of hydrogen-bond donors (Lipinski definition) is 1. The third-order valence-electron chi connectivity index (χ3n) is 4.84. The molecule has 1 saturated carbocycles. The Kier molecular flexibility index (Phi) is 4.99. The first kappa shape index (κ1) is 17.1. The van der Waals surface area contributed by atoms with Gasteiger partial charge in [0.15, 0.2) is 5.78 Å². The van der Waals surface area contributed by atoms with Crippen molar-refractivity contribution in [3.05, 3.63) is 45.6 Å². The van der Waals surface area contributed by atoms with E-state index in [1.165, 1.54) is 0 Å². The Bertz CT molecular complexity index is 701. The van der Waals surface area contributed by atoms with E-state index in [0.717, 1.165) is 10.0 Å². The van der Waals surface area contributed by atoms with E-state index < -0.39 is 11.8 Å². The van der Waals surface area contributed by atoms with Crippen molar-refractivity contribution in [2.75, 3.05) is 0 Å². The monoisotopic (exact) mass is 390 g/mol. The van der Waals surface area contributed by atoms with E-state index in [1.54, 1.807) is 0 Å². The van der Waals surface area contributed by atoms with Gasteiger partial charge in [-0.15, -0.1) is 0 Å². The molecule has 0 unspecified atom stereocenters. The number of ketones is 3. The molecule has 0 bridgehead atoms. The van der Waals surface area contributed by atoms with Crippen molar-refractivity contribution >= 4 is 33.3 Å². The number of halogens is 1. The minimum absolute atomic E-state index is 0.0327. The molecule has 1 aromatic rings. The molecular formula is C19H19BrO4. The fourth-order valence-corrected chi connectivity index (χ4v) is 3.96. The van der Waals surface area contributed by atoms with E-state index in [4.69, 9.17) is 0 Å². The average molecular weight is 391 g/mol. The SMILES string of the molecule is O=C1CCCC(O)=C1[C@@H](c1ccc(Br)cc1)C1C(=O)CCCC1=O. The van der Waals surface area contributed by atoms with Crippen molar-refractivity contribution < 1.29 is 19.5 Å². The van der Waals surface area contributed by atoms with E-state index >= 15 is 0 Å². The number of carbonyl (C=O) groups is 3. The van der Waals surface area contributed by atoms with Gasteiger partial charge in [-0.05, 0) is 30.5 Å². The quantitative estimate of drug-likeness (QED) is 0.790. The molecule has 0 aromatic heterocycles. The van der Waals surface area contributed by atoms with Crippen LogP contribution < -0.4 is 0 Å². The van der Waals surface area contributed by atoms with Crippen molar-refractivity contribution in [1.82, 2.24) is 0 Å². The Morgan fingerprint density at radius 3 is 2.08 bits per heavy atom. The molecule has 3 rings (SSSR count). The predicted octanol–water partition coefficient (Wildman–Crippen LogP) is 4.04. The molecule has 0 amide bonds. The zero-order valence-corrected chi connectivity index (χ0v) is 14.8. The van der Waals surface area contributed by atoms with Crippen molar-refractivity contribution in [2.45, 2.75) is 44.4 Å². The molecule has 1 fully saturated rings. The zero-order valence-electron chi connectivity index (χ0n) is 13.3. The minimum Gasteiger partial charge on any atom is -0.512 e. The molecule has 2 aliphatic rings. The van der Waals surface area contributed by atoms with Crippen LogP contribution in [0.5, 0.6) is 0 Å². The van der Waals surface area contributed by atoms with Gasteiger partial charge in [0.25, 0.3) is 0 Å². The highest BCUT2D eigenvalue weighted by Gasteiger charge is 2.42. The van der Waals surface area contributed by atoms with Crippen LogP contribution in [-0.2, 0) is 14.4 Å². The number of hydrogen-bond acceptors (Lipinski definition) is 4. The van der Waals surface area contributed by atoms with Crippen LogP contribution in [-0.4, -0.2) is 22.5 Å². The number of carbonyl (C=O) groups excluding carboxylic acids is 3. The van der Waals surface area contributed by atoms with Crippen LogP contribution >= 0.6 is 15.9 Å². The molecule has 24 heavy (non-hydrogen) atoms. The lowest BCUT2D eigenvalue weighted by atomic mass is 9.69. The second-order valence-electron chi connectivity index (χ2n) is 6.43. The normalized spacial score (nSPS) is 21.3. The average Bonchev–Trinajstić information content (AvgIpc) is 2.54. The molecule has 0 heterocycles. The van der Waals surface area contributed by atoms with E-state index in [2.05, 4.69) is 15.9 Å². The summed E-state index contributed by atoms with van der Waals surface area (Å²) in [6, 6.07) is 7.27. The lowest BCUT2D eigenvalue weighted by Crippen LogP contribution is -2.37. The molecule has 5 heteroatoms. The minimum atomic E-state index is -0.862. The maximum absolute atomic E-state index is 12.5. The summed E-state index contributed by atoms with van der Waals surface area (Å²) in [4.78, 5) is 37.5. The van der Waals surface area contributed by atoms with Gasteiger partial charge >= 0.3 is 0 Å². The highest BCUT2D eigenvalue weighted by molar-refractivity contribution is 9.10. The first-order chi connectivity index (χ1) is 11.5. The Hall–Kier alpha value is -1.75. The summed E-state index contributed by atoms with van der Waals surface area (Å²) < 4.78 is 0.875. The van der Waals surface area contributed by atoms with E-state index in [-0.39, 0.29) is 28.7 Å². The Morgan fingerprint density at radius 1 is 0.917 bits per heavy atom. The molecule has 0 aliphatic heterocycles. The summed E-state index contributed by atoms with van der Waals surface area (Å²) in [7, 11) is 0. The molecular weight excluding hydrogens is 372 g/mol. The maximum Gasteiger partial charge on any atom is 0.162 e. The smallest absolute Gasteiger partial charge is 0.162 e. The lowest BCUT2D eigenvalue weighted by molar-refractivity contribution is -0.136. The number of rotatable bonds is 3. The lowest BCUT2D eigenvalue weighted by Gasteiger charge is -2.31. The van der Waals surface area contributed by atoms with Gasteiger partial charge in [-0.2, -0.15) is 0 Å². The van der Waals surface area contributed by atoms with Gasteiger partial charge in [0.1, 0.15) is 11.6 Å². The molecule has 0 radical (unpaired) electrons. The van der Waals surface area contributed by atoms with Gasteiger partial charge in [0.05, 0.1) is 11.7 Å². The van der Waals surface area contributed by atoms with Crippen molar-refractivity contribution in [3.63, 3.8) is 0 Å². The standard InChI is InChI=1S/C19H19BrO4/c20-12-9-7-11(8-10-12)17(18-13(21)3-1-4-14(18)22)19-15(23)5-2-6-16(19)24/h7-10,17-18,23H,1-6H2/t17-/m0/s1. The highest BCUT2D eigenvalue weighted by atomic mass is 79.9. The third kappa shape index (κ3) is 3.22. The second-order valence-corrected chi connectivity index (χ2v) is 7.35. The summed E-state index contributed by atoms with van der Waals surface area (Å²) in [5.41, 5.74) is 0.987. The van der Waals surface area contributed by atoms with E-state index in [9.17, 15) is 19.5 Å². The first-order valence-corrected chi connectivity index (χ1v) is 9.04. The topological polar surface area (TPSA) is 71.4 Å². The van der Waals surface area contributed by atoms with Crippen LogP contribution in [0.25, 0.3) is 0 Å². The fraction of sp³-hybridized carbons (Fsp3) is 0.421. The van der Waals surface area contributed by atoms with Gasteiger partial charge in [-0.25, -0.2) is 0 Å². The van der Waals surface area contributed by atoms with Gasteiger partial charge in [0.2, 0.25) is 0 Å². The molecule has 0 saturated heterocycles. The van der Waals surface area contributed by atoms with Crippen molar-refractivity contribution in [1.29, 1.82) is 0 Å². The fourth-order valence-electron chi connectivity index (χ4n) is 3.69. The molecule has 1 atom stereocenters. The third-order valence-corrected chi connectivity index (χ3v) is 5.37. The first-order valence-electron chi connectivity index (χ1n) is 8.25. The summed E-state index contributed by atoms with van der Waals surface area (Å²) in [6.45, 7) is 0. The molecule has 2 aliphatic carbocycles. The van der Waals surface area contributed by atoms with Gasteiger partial charge in [-0.3, -0.25) is 14.4 Å². The molecule has 4 nitrogen and oxygen atoms in total. The zero-order chi connectivity index (χ0) is 17.3. The van der Waals surface area contributed by atoms with E-state index in [0.29, 0.717) is 38.5 Å². The molecule has 1 aromatic carbocycles. The van der Waals surface area contributed by atoms with Crippen LogP contribution in [0.4, 0.5) is 0 Å². The largest absolute Gasteiger partial charge is 0.512 e. The second kappa shape index (κ2) is 7.01. The van der Waals surface area contributed by atoms with Crippen molar-refractivity contribution in [2.24, 2.45) is 5.92 Å². The maximum atomic E-state index is 12.5. The van der Waals surface area contributed by atoms with Crippen LogP contribution in [0.3, 0.4) is 0 Å². The van der Waals surface area contributed by atoms with Crippen molar-refractivity contribution in [3.8, 4) is 0 Å². The Labute approximate surface area is 149 Å². The number of aliphatic hydroxyl groups is 1. The summed E-state index contributed by atoms with van der Waals surface area (Å²) in [6.07, 6.45) is 2.65. The van der Waals surface area contributed by atoms with Crippen LogP contribution in [0.1, 0.15) is 50.0 Å². The Morgan fingerprint density at radius 2 is 1.50 bits per heavy atom. The van der Waals surface area contributed by atoms with Crippen LogP contribution in [0.2, 0.25) is 0 Å². The van der Waals surface area contributed by atoms with Gasteiger partial charge in [-0.1, -0.05) is 28.1 Å². The molecule has 126 valence electrons. The summed E-state index contributed by atoms with van der Waals surface area (Å²) >= 11 is 3.37. The van der Waals surface area contributed by atoms with Crippen LogP contribution in [0.15, 0.2) is 40.1 Å². The summed E-state index contributed by atoms with van der Waals surface area (Å²) in [5, 5.41) is 10.4. The van der Waals surface area contributed by atoms with E-state index in [1.807, 2.05) is 24.3 Å². The number of Topliss-reactive ketones (excluding diaryl/α,β-unsaturated/α-hetero) is 3.